The van der Waals surface area contributed by atoms with Crippen LogP contribution in [-0.4, -0.2) is 13.6 Å². The highest BCUT2D eigenvalue weighted by molar-refractivity contribution is 5.65. The van der Waals surface area contributed by atoms with Gasteiger partial charge in [-0.2, -0.15) is 0 Å². The molecule has 0 atom stereocenters. The summed E-state index contributed by atoms with van der Waals surface area (Å²) in [5.41, 5.74) is 3.34. The maximum Gasteiger partial charge on any atom is 0.123 e. The van der Waals surface area contributed by atoms with Gasteiger partial charge in [0.2, 0.25) is 0 Å². The predicted octanol–water partition coefficient (Wildman–Crippen LogP) is 3.70. The smallest absolute Gasteiger partial charge is 0.123 e. The number of hydrogen-bond acceptors (Lipinski definition) is 2. The summed E-state index contributed by atoms with van der Waals surface area (Å²) in [5, 5.41) is 3.33. The summed E-state index contributed by atoms with van der Waals surface area (Å²) in [6.45, 7) is 3.86. The normalized spacial score (nSPS) is 10.5. The van der Waals surface area contributed by atoms with Crippen molar-refractivity contribution in [3.05, 3.63) is 59.9 Å². The molecule has 0 aliphatic carbocycles. The minimum atomic E-state index is -0.210. The lowest BCUT2D eigenvalue weighted by molar-refractivity contribution is 0.628. The van der Waals surface area contributed by atoms with Crippen molar-refractivity contribution in [1.29, 1.82) is 0 Å². The van der Waals surface area contributed by atoms with Gasteiger partial charge in [-0.05, 0) is 42.4 Å². The standard InChI is InChI=1S/C16H19FN2/c1-3-18-12-13-6-4-5-7-16(13)19(2)15-10-8-14(17)9-11-15/h4-11,18H,3,12H2,1-2H3. The van der Waals surface area contributed by atoms with Crippen molar-refractivity contribution in [2.75, 3.05) is 18.5 Å². The Kier molecular flexibility index (Phi) is 4.53. The molecule has 0 aliphatic rings. The van der Waals surface area contributed by atoms with E-state index in [1.807, 2.05) is 19.2 Å². The van der Waals surface area contributed by atoms with E-state index in [1.54, 1.807) is 12.1 Å². The van der Waals surface area contributed by atoms with Gasteiger partial charge in [0.25, 0.3) is 0 Å². The lowest BCUT2D eigenvalue weighted by Crippen LogP contribution is -2.17. The van der Waals surface area contributed by atoms with Gasteiger partial charge in [-0.3, -0.25) is 0 Å². The summed E-state index contributed by atoms with van der Waals surface area (Å²) in [6.07, 6.45) is 0. The first kappa shape index (κ1) is 13.6. The van der Waals surface area contributed by atoms with Gasteiger partial charge < -0.3 is 10.2 Å². The average Bonchev–Trinajstić information content (AvgIpc) is 2.45. The zero-order chi connectivity index (χ0) is 13.7. The molecule has 2 rings (SSSR count). The van der Waals surface area contributed by atoms with Gasteiger partial charge in [-0.25, -0.2) is 4.39 Å². The van der Waals surface area contributed by atoms with Crippen LogP contribution in [0.15, 0.2) is 48.5 Å². The van der Waals surface area contributed by atoms with Crippen LogP contribution >= 0.6 is 0 Å². The van der Waals surface area contributed by atoms with Gasteiger partial charge in [-0.1, -0.05) is 25.1 Å². The molecule has 0 aliphatic heterocycles. The second kappa shape index (κ2) is 6.34. The fraction of sp³-hybridized carbons (Fsp3) is 0.250. The summed E-state index contributed by atoms with van der Waals surface area (Å²) in [7, 11) is 2.00. The first-order valence-electron chi connectivity index (χ1n) is 6.50. The van der Waals surface area contributed by atoms with Crippen molar-refractivity contribution in [2.45, 2.75) is 13.5 Å². The molecule has 0 unspecified atom stereocenters. The summed E-state index contributed by atoms with van der Waals surface area (Å²) in [4.78, 5) is 2.08. The number of anilines is 2. The van der Waals surface area contributed by atoms with E-state index in [4.69, 9.17) is 0 Å². The van der Waals surface area contributed by atoms with Crippen molar-refractivity contribution >= 4 is 11.4 Å². The molecule has 0 heterocycles. The Balaban J connectivity index is 2.27. The molecule has 100 valence electrons. The fourth-order valence-corrected chi connectivity index (χ4v) is 2.05. The number of rotatable bonds is 5. The quantitative estimate of drug-likeness (QED) is 0.879. The fourth-order valence-electron chi connectivity index (χ4n) is 2.05. The Labute approximate surface area is 113 Å². The van der Waals surface area contributed by atoms with Crippen LogP contribution in [0.2, 0.25) is 0 Å². The predicted molar refractivity (Wildman–Crippen MR) is 78.3 cm³/mol. The molecule has 0 radical (unpaired) electrons. The van der Waals surface area contributed by atoms with E-state index in [0.29, 0.717) is 0 Å². The molecule has 0 aromatic heterocycles. The second-order valence-electron chi connectivity index (χ2n) is 4.44. The minimum absolute atomic E-state index is 0.210. The molecule has 0 saturated carbocycles. The van der Waals surface area contributed by atoms with Crippen molar-refractivity contribution < 1.29 is 4.39 Å². The van der Waals surface area contributed by atoms with E-state index >= 15 is 0 Å². The van der Waals surface area contributed by atoms with Crippen molar-refractivity contribution in [3.8, 4) is 0 Å². The van der Waals surface area contributed by atoms with Gasteiger partial charge in [0.1, 0.15) is 5.82 Å². The van der Waals surface area contributed by atoms with Gasteiger partial charge >= 0.3 is 0 Å². The molecule has 2 aromatic rings. The lowest BCUT2D eigenvalue weighted by Gasteiger charge is -2.22. The largest absolute Gasteiger partial charge is 0.344 e. The van der Waals surface area contributed by atoms with E-state index in [9.17, 15) is 4.39 Å². The molecule has 0 bridgehead atoms. The number of hydrogen-bond donors (Lipinski definition) is 1. The molecule has 0 spiro atoms. The molecule has 2 nitrogen and oxygen atoms in total. The highest BCUT2D eigenvalue weighted by atomic mass is 19.1. The molecule has 2 aromatic carbocycles. The van der Waals surface area contributed by atoms with Crippen LogP contribution in [-0.2, 0) is 6.54 Å². The number of nitrogens with one attached hydrogen (secondary N) is 1. The van der Waals surface area contributed by atoms with Gasteiger partial charge in [0.05, 0.1) is 0 Å². The number of nitrogens with zero attached hydrogens (tertiary/aromatic N) is 1. The van der Waals surface area contributed by atoms with E-state index in [2.05, 4.69) is 29.3 Å². The number of halogens is 1. The Morgan fingerprint density at radius 2 is 1.74 bits per heavy atom. The average molecular weight is 258 g/mol. The summed E-state index contributed by atoms with van der Waals surface area (Å²) >= 11 is 0. The molecular weight excluding hydrogens is 239 g/mol. The van der Waals surface area contributed by atoms with Crippen LogP contribution < -0.4 is 10.2 Å². The third-order valence-electron chi connectivity index (χ3n) is 3.13. The summed E-state index contributed by atoms with van der Waals surface area (Å²) < 4.78 is 13.0. The van der Waals surface area contributed by atoms with Crippen LogP contribution in [0.25, 0.3) is 0 Å². The monoisotopic (exact) mass is 258 g/mol. The van der Waals surface area contributed by atoms with Crippen LogP contribution in [0.3, 0.4) is 0 Å². The van der Waals surface area contributed by atoms with Crippen LogP contribution in [0, 0.1) is 5.82 Å². The maximum atomic E-state index is 13.0. The Morgan fingerprint density at radius 1 is 1.05 bits per heavy atom. The maximum absolute atomic E-state index is 13.0. The second-order valence-corrected chi connectivity index (χ2v) is 4.44. The first-order valence-corrected chi connectivity index (χ1v) is 6.50. The molecular formula is C16H19FN2. The van der Waals surface area contributed by atoms with Crippen LogP contribution in [0.5, 0.6) is 0 Å². The highest BCUT2D eigenvalue weighted by Gasteiger charge is 2.08. The zero-order valence-electron chi connectivity index (χ0n) is 11.4. The topological polar surface area (TPSA) is 15.3 Å². The van der Waals surface area contributed by atoms with E-state index in [-0.39, 0.29) is 5.82 Å². The van der Waals surface area contributed by atoms with E-state index < -0.39 is 0 Å². The lowest BCUT2D eigenvalue weighted by atomic mass is 10.1. The third-order valence-corrected chi connectivity index (χ3v) is 3.13. The molecule has 0 amide bonds. The van der Waals surface area contributed by atoms with Crippen molar-refractivity contribution in [2.24, 2.45) is 0 Å². The van der Waals surface area contributed by atoms with Gasteiger partial charge in [0, 0.05) is 25.0 Å². The minimum Gasteiger partial charge on any atom is -0.344 e. The summed E-state index contributed by atoms with van der Waals surface area (Å²) in [6, 6.07) is 14.8. The molecule has 3 heteroatoms. The van der Waals surface area contributed by atoms with Gasteiger partial charge in [0.15, 0.2) is 0 Å². The van der Waals surface area contributed by atoms with Crippen molar-refractivity contribution in [3.63, 3.8) is 0 Å². The zero-order valence-corrected chi connectivity index (χ0v) is 11.4. The first-order chi connectivity index (χ1) is 9.22. The van der Waals surface area contributed by atoms with Crippen molar-refractivity contribution in [1.82, 2.24) is 5.32 Å². The van der Waals surface area contributed by atoms with E-state index in [0.717, 1.165) is 24.5 Å². The molecule has 0 saturated heterocycles. The SMILES string of the molecule is CCNCc1ccccc1N(C)c1ccc(F)cc1. The third kappa shape index (κ3) is 3.32. The van der Waals surface area contributed by atoms with E-state index in [1.165, 1.54) is 17.7 Å². The number of para-hydroxylation sites is 1. The molecule has 1 N–H and O–H groups in total. The highest BCUT2D eigenvalue weighted by Crippen LogP contribution is 2.26. The summed E-state index contributed by atoms with van der Waals surface area (Å²) in [5.74, 6) is -0.210. The van der Waals surface area contributed by atoms with Gasteiger partial charge in [-0.15, -0.1) is 0 Å². The van der Waals surface area contributed by atoms with Crippen LogP contribution in [0.4, 0.5) is 15.8 Å². The number of benzene rings is 2. The van der Waals surface area contributed by atoms with Crippen LogP contribution in [0.1, 0.15) is 12.5 Å². The molecule has 0 fully saturated rings. The Bertz CT molecular complexity index is 523. The Hall–Kier alpha value is -1.87. The Morgan fingerprint density at radius 3 is 2.42 bits per heavy atom. The molecule has 19 heavy (non-hydrogen) atoms.